The van der Waals surface area contributed by atoms with Gasteiger partial charge in [-0.25, -0.2) is 9.78 Å². The van der Waals surface area contributed by atoms with Crippen LogP contribution in [0.2, 0.25) is 0 Å². The number of hydrogen-bond acceptors (Lipinski definition) is 4. The van der Waals surface area contributed by atoms with Gasteiger partial charge in [-0.2, -0.15) is 0 Å². The molecule has 0 saturated heterocycles. The minimum Gasteiger partial charge on any atom is -0.481 e. The molecule has 1 aromatic rings. The largest absolute Gasteiger partial charge is 0.481 e. The second-order valence-electron chi connectivity index (χ2n) is 4.38. The van der Waals surface area contributed by atoms with E-state index in [0.29, 0.717) is 18.0 Å². The molecule has 0 spiro atoms. The summed E-state index contributed by atoms with van der Waals surface area (Å²) in [5.41, 5.74) is -0.907. The molecule has 0 aliphatic carbocycles. The summed E-state index contributed by atoms with van der Waals surface area (Å²) in [6, 6.07) is -0.429. The molecule has 0 fully saturated rings. The van der Waals surface area contributed by atoms with Gasteiger partial charge in [0, 0.05) is 17.6 Å². The third kappa shape index (κ3) is 3.92. The smallest absolute Gasteiger partial charge is 0.321 e. The van der Waals surface area contributed by atoms with Gasteiger partial charge in [0.15, 0.2) is 5.13 Å². The van der Waals surface area contributed by atoms with Gasteiger partial charge in [0.1, 0.15) is 0 Å². The molecular formula is C12H19N3O3S. The van der Waals surface area contributed by atoms with Gasteiger partial charge in [0.25, 0.3) is 0 Å². The normalized spacial score (nSPS) is 11.1. The Morgan fingerprint density at radius 3 is 2.47 bits per heavy atom. The van der Waals surface area contributed by atoms with Gasteiger partial charge in [-0.1, -0.05) is 13.8 Å². The Labute approximate surface area is 116 Å². The molecule has 0 saturated carbocycles. The Bertz CT molecular complexity index is 455. The topological polar surface area (TPSA) is 91.3 Å². The number of nitrogens with zero attached hydrogens (tertiary/aromatic N) is 1. The van der Waals surface area contributed by atoms with Crippen molar-refractivity contribution in [3.05, 3.63) is 11.1 Å². The van der Waals surface area contributed by atoms with Crippen molar-refractivity contribution in [1.82, 2.24) is 10.3 Å². The summed E-state index contributed by atoms with van der Waals surface area (Å²) >= 11 is 1.37. The van der Waals surface area contributed by atoms with Crippen LogP contribution in [0.15, 0.2) is 6.20 Å². The highest BCUT2D eigenvalue weighted by atomic mass is 32.1. The number of nitrogens with one attached hydrogen (secondary N) is 2. The first kappa shape index (κ1) is 15.4. The number of aryl methyl sites for hydroxylation is 1. The Balaban J connectivity index is 2.55. The number of thiazole rings is 1. The van der Waals surface area contributed by atoms with Crippen molar-refractivity contribution in [2.75, 3.05) is 11.9 Å². The first-order chi connectivity index (χ1) is 8.93. The van der Waals surface area contributed by atoms with E-state index >= 15 is 0 Å². The first-order valence-electron chi connectivity index (χ1n) is 6.14. The molecule has 3 N–H and O–H groups in total. The molecule has 0 radical (unpaired) electrons. The van der Waals surface area contributed by atoms with Crippen molar-refractivity contribution in [1.29, 1.82) is 0 Å². The van der Waals surface area contributed by atoms with E-state index in [9.17, 15) is 14.7 Å². The zero-order valence-electron chi connectivity index (χ0n) is 11.3. The highest BCUT2D eigenvalue weighted by molar-refractivity contribution is 7.15. The van der Waals surface area contributed by atoms with Crippen LogP contribution in [0.3, 0.4) is 0 Å². The predicted molar refractivity (Wildman–Crippen MR) is 74.5 cm³/mol. The Morgan fingerprint density at radius 1 is 1.42 bits per heavy atom. The van der Waals surface area contributed by atoms with Crippen LogP contribution >= 0.6 is 11.3 Å². The molecule has 0 aliphatic rings. The summed E-state index contributed by atoms with van der Waals surface area (Å²) in [6.45, 7) is 5.61. The van der Waals surface area contributed by atoms with Gasteiger partial charge >= 0.3 is 12.0 Å². The van der Waals surface area contributed by atoms with E-state index < -0.39 is 17.4 Å². The van der Waals surface area contributed by atoms with Crippen molar-refractivity contribution in [2.45, 2.75) is 33.6 Å². The minimum atomic E-state index is -0.907. The van der Waals surface area contributed by atoms with Crippen LogP contribution < -0.4 is 10.6 Å². The number of carbonyl (C=O) groups excluding carboxylic acids is 1. The van der Waals surface area contributed by atoms with Crippen LogP contribution in [-0.4, -0.2) is 28.6 Å². The number of hydrogen-bond donors (Lipinski definition) is 3. The summed E-state index contributed by atoms with van der Waals surface area (Å²) in [5.74, 6) is -0.886. The number of carboxylic acids is 1. The molecular weight excluding hydrogens is 266 g/mol. The van der Waals surface area contributed by atoms with Crippen LogP contribution in [0.1, 0.15) is 31.6 Å². The van der Waals surface area contributed by atoms with E-state index in [2.05, 4.69) is 15.6 Å². The molecule has 0 aromatic carbocycles. The van der Waals surface area contributed by atoms with Crippen molar-refractivity contribution >= 4 is 28.5 Å². The van der Waals surface area contributed by atoms with Gasteiger partial charge in [0.2, 0.25) is 0 Å². The van der Waals surface area contributed by atoms with E-state index in [1.807, 2.05) is 6.92 Å². The molecule has 7 heteroatoms. The first-order valence-corrected chi connectivity index (χ1v) is 6.96. The molecule has 0 aliphatic heterocycles. The highest BCUT2D eigenvalue weighted by Crippen LogP contribution is 2.25. The molecule has 0 atom stereocenters. The van der Waals surface area contributed by atoms with E-state index in [1.54, 1.807) is 20.0 Å². The second kappa shape index (κ2) is 6.51. The third-order valence-corrected chi connectivity index (χ3v) is 4.06. The minimum absolute atomic E-state index is 0.103. The molecule has 0 unspecified atom stereocenters. The lowest BCUT2D eigenvalue weighted by molar-refractivity contribution is -0.149. The number of amides is 2. The number of aliphatic carboxylic acids is 1. The number of aromatic nitrogens is 1. The third-order valence-electron chi connectivity index (χ3n) is 3.24. The summed E-state index contributed by atoms with van der Waals surface area (Å²) < 4.78 is 0. The zero-order chi connectivity index (χ0) is 14.5. The van der Waals surface area contributed by atoms with E-state index in [1.165, 1.54) is 11.3 Å². The number of carboxylic acid groups (broad SMARTS) is 1. The zero-order valence-corrected chi connectivity index (χ0v) is 12.1. The van der Waals surface area contributed by atoms with Crippen molar-refractivity contribution < 1.29 is 14.7 Å². The number of carbonyl (C=O) groups is 2. The Morgan fingerprint density at radius 2 is 2.05 bits per heavy atom. The fourth-order valence-electron chi connectivity index (χ4n) is 1.68. The summed E-state index contributed by atoms with van der Waals surface area (Å²) in [6.07, 6.45) is 2.60. The van der Waals surface area contributed by atoms with Gasteiger partial charge in [-0.3, -0.25) is 10.1 Å². The molecule has 19 heavy (non-hydrogen) atoms. The monoisotopic (exact) mass is 285 g/mol. The lowest BCUT2D eigenvalue weighted by Crippen LogP contribution is -2.43. The van der Waals surface area contributed by atoms with Gasteiger partial charge in [-0.05, 0) is 19.8 Å². The average molecular weight is 285 g/mol. The quantitative estimate of drug-likeness (QED) is 0.748. The van der Waals surface area contributed by atoms with Crippen molar-refractivity contribution in [3.63, 3.8) is 0 Å². The van der Waals surface area contributed by atoms with Gasteiger partial charge < -0.3 is 10.4 Å². The maximum absolute atomic E-state index is 11.7. The second-order valence-corrected chi connectivity index (χ2v) is 5.61. The summed E-state index contributed by atoms with van der Waals surface area (Å²) in [4.78, 5) is 28.0. The lowest BCUT2D eigenvalue weighted by Gasteiger charge is -2.26. The SMILES string of the molecule is CCC(CC)(CNC(=O)Nc1ncc(C)s1)C(=O)O. The van der Waals surface area contributed by atoms with Crippen molar-refractivity contribution in [3.8, 4) is 0 Å². The average Bonchev–Trinajstić information content (AvgIpc) is 2.76. The molecule has 6 nitrogen and oxygen atoms in total. The fraction of sp³-hybridized carbons (Fsp3) is 0.583. The molecule has 1 heterocycles. The van der Waals surface area contributed by atoms with Gasteiger partial charge in [0.05, 0.1) is 5.41 Å². The number of rotatable bonds is 6. The van der Waals surface area contributed by atoms with Crippen LogP contribution in [0.5, 0.6) is 0 Å². The van der Waals surface area contributed by atoms with E-state index in [-0.39, 0.29) is 6.54 Å². The van der Waals surface area contributed by atoms with Gasteiger partial charge in [-0.15, -0.1) is 11.3 Å². The Kier molecular flexibility index (Phi) is 5.29. The van der Waals surface area contributed by atoms with E-state index in [4.69, 9.17) is 0 Å². The molecule has 2 amide bonds. The van der Waals surface area contributed by atoms with E-state index in [0.717, 1.165) is 4.88 Å². The fourth-order valence-corrected chi connectivity index (χ4v) is 2.34. The predicted octanol–water partition coefficient (Wildman–Crippen LogP) is 2.46. The number of urea groups is 1. The van der Waals surface area contributed by atoms with Crippen LogP contribution in [-0.2, 0) is 4.79 Å². The lowest BCUT2D eigenvalue weighted by atomic mass is 9.82. The maximum atomic E-state index is 11.7. The molecule has 1 aromatic heterocycles. The van der Waals surface area contributed by atoms with Crippen LogP contribution in [0.4, 0.5) is 9.93 Å². The summed E-state index contributed by atoms with van der Waals surface area (Å²) in [7, 11) is 0. The van der Waals surface area contributed by atoms with Crippen molar-refractivity contribution in [2.24, 2.45) is 5.41 Å². The summed E-state index contributed by atoms with van der Waals surface area (Å²) in [5, 5.41) is 14.9. The maximum Gasteiger partial charge on any atom is 0.321 e. The highest BCUT2D eigenvalue weighted by Gasteiger charge is 2.35. The molecule has 0 bridgehead atoms. The van der Waals surface area contributed by atoms with Crippen LogP contribution in [0.25, 0.3) is 0 Å². The molecule has 1 rings (SSSR count). The molecule has 106 valence electrons. The number of anilines is 1. The standard InChI is InChI=1S/C12H19N3O3S/c1-4-12(5-2,9(16)17)7-14-10(18)15-11-13-6-8(3)19-11/h6H,4-5,7H2,1-3H3,(H,16,17)(H2,13,14,15,18). The van der Waals surface area contributed by atoms with Crippen LogP contribution in [0, 0.1) is 12.3 Å². The Hall–Kier alpha value is -1.63.